The number of aromatic nitrogens is 3. The van der Waals surface area contributed by atoms with Crippen LogP contribution in [0.4, 0.5) is 0 Å². The molecule has 0 spiro atoms. The van der Waals surface area contributed by atoms with Crippen LogP contribution in [0.2, 0.25) is 0 Å². The second-order valence-corrected chi connectivity index (χ2v) is 6.91. The van der Waals surface area contributed by atoms with E-state index < -0.39 is 0 Å². The zero-order chi connectivity index (χ0) is 18.1. The minimum absolute atomic E-state index is 0.0822. The molecule has 2 aromatic heterocycles. The van der Waals surface area contributed by atoms with Crippen LogP contribution in [0.3, 0.4) is 0 Å². The van der Waals surface area contributed by atoms with Gasteiger partial charge in [0.05, 0.1) is 0 Å². The molecule has 1 fully saturated rings. The van der Waals surface area contributed by atoms with Crippen LogP contribution in [0.15, 0.2) is 45.3 Å². The second-order valence-electron chi connectivity index (χ2n) is 6.91. The number of carbonyl (C=O) groups is 1. The van der Waals surface area contributed by atoms with Gasteiger partial charge < -0.3 is 14.3 Å². The standard InChI is InChI=1S/C19H20N4O3/c1-11(2)18-21-22-19(25-18)13-8-14(9-13)20-17(24)15-10-16(26-23-15)12-6-4-3-5-7-12/h3-7,10-11,13-14H,8-9H2,1-2H3,(H,20,24)/t13-,14-. The maximum atomic E-state index is 12.3. The smallest absolute Gasteiger partial charge is 0.273 e. The molecule has 0 unspecified atom stereocenters. The molecule has 2 heterocycles. The predicted molar refractivity (Wildman–Crippen MR) is 93.6 cm³/mol. The molecule has 0 atom stereocenters. The van der Waals surface area contributed by atoms with Gasteiger partial charge in [0.1, 0.15) is 0 Å². The normalized spacial score (nSPS) is 19.3. The first-order valence-electron chi connectivity index (χ1n) is 8.76. The van der Waals surface area contributed by atoms with Gasteiger partial charge in [-0.15, -0.1) is 10.2 Å². The molecule has 3 aromatic rings. The number of nitrogens with one attached hydrogen (secondary N) is 1. The Hall–Kier alpha value is -2.96. The number of benzene rings is 1. The third-order valence-electron chi connectivity index (χ3n) is 4.57. The fraction of sp³-hybridized carbons (Fsp3) is 0.368. The summed E-state index contributed by atoms with van der Waals surface area (Å²) in [7, 11) is 0. The minimum atomic E-state index is -0.229. The lowest BCUT2D eigenvalue weighted by atomic mass is 9.80. The van der Waals surface area contributed by atoms with Crippen LogP contribution < -0.4 is 5.32 Å². The highest BCUT2D eigenvalue weighted by molar-refractivity contribution is 5.93. The molecule has 26 heavy (non-hydrogen) atoms. The van der Waals surface area contributed by atoms with E-state index in [9.17, 15) is 4.79 Å². The van der Waals surface area contributed by atoms with Crippen molar-refractivity contribution in [1.82, 2.24) is 20.7 Å². The lowest BCUT2D eigenvalue weighted by Gasteiger charge is -2.33. The lowest BCUT2D eigenvalue weighted by molar-refractivity contribution is 0.0894. The van der Waals surface area contributed by atoms with Gasteiger partial charge >= 0.3 is 0 Å². The summed E-state index contributed by atoms with van der Waals surface area (Å²) in [6.45, 7) is 4.03. The predicted octanol–water partition coefficient (Wildman–Crippen LogP) is 3.52. The number of nitrogens with zero attached hydrogens (tertiary/aromatic N) is 3. The second kappa shape index (κ2) is 6.74. The van der Waals surface area contributed by atoms with Crippen LogP contribution in [0.1, 0.15) is 60.8 Å². The van der Waals surface area contributed by atoms with E-state index in [1.54, 1.807) is 6.07 Å². The van der Waals surface area contributed by atoms with Crippen LogP contribution in [0.25, 0.3) is 11.3 Å². The van der Waals surface area contributed by atoms with Gasteiger partial charge in [-0.1, -0.05) is 49.3 Å². The first-order valence-corrected chi connectivity index (χ1v) is 8.76. The van der Waals surface area contributed by atoms with Crippen molar-refractivity contribution in [2.75, 3.05) is 0 Å². The van der Waals surface area contributed by atoms with Gasteiger partial charge in [-0.05, 0) is 12.8 Å². The summed E-state index contributed by atoms with van der Waals surface area (Å²) < 4.78 is 11.0. The fourth-order valence-electron chi connectivity index (χ4n) is 2.96. The third kappa shape index (κ3) is 3.24. The minimum Gasteiger partial charge on any atom is -0.425 e. The average Bonchev–Trinajstić information content (AvgIpc) is 3.28. The average molecular weight is 352 g/mol. The van der Waals surface area contributed by atoms with Gasteiger partial charge in [-0.3, -0.25) is 4.79 Å². The Morgan fingerprint density at radius 1 is 1.19 bits per heavy atom. The third-order valence-corrected chi connectivity index (χ3v) is 4.57. The molecule has 1 amide bonds. The number of amides is 1. The highest BCUT2D eigenvalue weighted by Gasteiger charge is 2.35. The van der Waals surface area contributed by atoms with Crippen LogP contribution in [0.5, 0.6) is 0 Å². The Morgan fingerprint density at radius 2 is 1.96 bits per heavy atom. The molecule has 1 aliphatic carbocycles. The first-order chi connectivity index (χ1) is 12.6. The first kappa shape index (κ1) is 16.5. The van der Waals surface area contributed by atoms with E-state index >= 15 is 0 Å². The van der Waals surface area contributed by atoms with Crippen molar-refractivity contribution in [3.8, 4) is 11.3 Å². The van der Waals surface area contributed by atoms with Gasteiger partial charge in [-0.25, -0.2) is 0 Å². The van der Waals surface area contributed by atoms with Crippen LogP contribution in [-0.2, 0) is 0 Å². The van der Waals surface area contributed by atoms with Crippen molar-refractivity contribution < 1.29 is 13.7 Å². The van der Waals surface area contributed by atoms with E-state index in [4.69, 9.17) is 8.94 Å². The Labute approximate surface area is 150 Å². The molecule has 1 aliphatic rings. The van der Waals surface area contributed by atoms with Crippen LogP contribution in [-0.4, -0.2) is 27.3 Å². The molecule has 134 valence electrons. The number of rotatable bonds is 5. The van der Waals surface area contributed by atoms with Crippen molar-refractivity contribution in [3.63, 3.8) is 0 Å². The van der Waals surface area contributed by atoms with Gasteiger partial charge in [0, 0.05) is 29.5 Å². The molecule has 1 saturated carbocycles. The van der Waals surface area contributed by atoms with Crippen molar-refractivity contribution >= 4 is 5.91 Å². The summed E-state index contributed by atoms with van der Waals surface area (Å²) in [6.07, 6.45) is 1.57. The summed E-state index contributed by atoms with van der Waals surface area (Å²) >= 11 is 0. The largest absolute Gasteiger partial charge is 0.425 e. The monoisotopic (exact) mass is 352 g/mol. The molecule has 1 aromatic carbocycles. The quantitative estimate of drug-likeness (QED) is 0.755. The molecule has 7 heteroatoms. The van der Waals surface area contributed by atoms with E-state index in [1.807, 2.05) is 44.2 Å². The maximum absolute atomic E-state index is 12.3. The van der Waals surface area contributed by atoms with E-state index in [-0.39, 0.29) is 29.5 Å². The summed E-state index contributed by atoms with van der Waals surface area (Å²) in [5.74, 6) is 2.09. The van der Waals surface area contributed by atoms with E-state index in [0.29, 0.717) is 17.5 Å². The highest BCUT2D eigenvalue weighted by atomic mass is 16.5. The van der Waals surface area contributed by atoms with Gasteiger partial charge in [0.2, 0.25) is 11.8 Å². The van der Waals surface area contributed by atoms with Gasteiger partial charge in [0.15, 0.2) is 11.5 Å². The molecule has 1 N–H and O–H groups in total. The molecule has 0 aliphatic heterocycles. The van der Waals surface area contributed by atoms with Crippen LogP contribution in [0, 0.1) is 0 Å². The van der Waals surface area contributed by atoms with Crippen molar-refractivity contribution in [1.29, 1.82) is 0 Å². The summed E-state index contributed by atoms with van der Waals surface area (Å²) in [5.41, 5.74) is 1.17. The molecule has 0 radical (unpaired) electrons. The van der Waals surface area contributed by atoms with Crippen molar-refractivity contribution in [2.45, 2.75) is 44.6 Å². The summed E-state index contributed by atoms with van der Waals surface area (Å²) in [5, 5.41) is 15.0. The Kier molecular flexibility index (Phi) is 4.28. The number of hydrogen-bond donors (Lipinski definition) is 1. The molecule has 4 rings (SSSR count). The molecule has 0 saturated heterocycles. The number of carbonyl (C=O) groups excluding carboxylic acids is 1. The van der Waals surface area contributed by atoms with E-state index in [2.05, 4.69) is 20.7 Å². The molecule has 7 nitrogen and oxygen atoms in total. The molecule has 0 bridgehead atoms. The Balaban J connectivity index is 1.33. The Morgan fingerprint density at radius 3 is 2.65 bits per heavy atom. The zero-order valence-corrected chi connectivity index (χ0v) is 14.7. The fourth-order valence-corrected chi connectivity index (χ4v) is 2.96. The van der Waals surface area contributed by atoms with Crippen molar-refractivity contribution in [3.05, 3.63) is 53.9 Å². The zero-order valence-electron chi connectivity index (χ0n) is 14.7. The maximum Gasteiger partial charge on any atom is 0.273 e. The summed E-state index contributed by atoms with van der Waals surface area (Å²) in [6, 6.07) is 11.3. The van der Waals surface area contributed by atoms with Crippen molar-refractivity contribution in [2.24, 2.45) is 0 Å². The van der Waals surface area contributed by atoms with Crippen LogP contribution >= 0.6 is 0 Å². The van der Waals surface area contributed by atoms with E-state index in [1.165, 1.54) is 0 Å². The van der Waals surface area contributed by atoms with E-state index in [0.717, 1.165) is 18.4 Å². The topological polar surface area (TPSA) is 94.1 Å². The lowest BCUT2D eigenvalue weighted by Crippen LogP contribution is -2.43. The Bertz CT molecular complexity index is 894. The highest BCUT2D eigenvalue weighted by Crippen LogP contribution is 2.36. The van der Waals surface area contributed by atoms with Gasteiger partial charge in [-0.2, -0.15) is 0 Å². The summed E-state index contributed by atoms with van der Waals surface area (Å²) in [4.78, 5) is 12.3. The molecular weight excluding hydrogens is 332 g/mol. The van der Waals surface area contributed by atoms with Gasteiger partial charge in [0.25, 0.3) is 5.91 Å². The number of hydrogen-bond acceptors (Lipinski definition) is 6. The molecular formula is C19H20N4O3. The SMILES string of the molecule is CC(C)c1nnc([C@H]2C[C@H](NC(=O)c3cc(-c4ccccc4)on3)C2)o1.